The van der Waals surface area contributed by atoms with Crippen molar-refractivity contribution >= 4 is 23.6 Å². The number of hydrogen-bond acceptors (Lipinski definition) is 5. The number of halogens is 3. The molecule has 2 aromatic carbocycles. The lowest BCUT2D eigenvalue weighted by molar-refractivity contribution is -0.192. The first kappa shape index (κ1) is 29.4. The van der Waals surface area contributed by atoms with E-state index in [0.29, 0.717) is 30.8 Å². The summed E-state index contributed by atoms with van der Waals surface area (Å²) < 4.78 is 31.7. The average Bonchev–Trinajstić information content (AvgIpc) is 3.48. The predicted octanol–water partition coefficient (Wildman–Crippen LogP) is 4.40. The highest BCUT2D eigenvalue weighted by Gasteiger charge is 2.38. The zero-order chi connectivity index (χ0) is 29.0. The molecule has 0 saturated carbocycles. The van der Waals surface area contributed by atoms with Crippen LogP contribution in [0.3, 0.4) is 0 Å². The largest absolute Gasteiger partial charge is 0.490 e. The van der Waals surface area contributed by atoms with Gasteiger partial charge in [0.2, 0.25) is 0 Å². The smallest absolute Gasteiger partial charge is 0.475 e. The molecule has 4 aromatic rings. The first-order valence-corrected chi connectivity index (χ1v) is 11.8. The van der Waals surface area contributed by atoms with Crippen LogP contribution in [-0.2, 0) is 17.8 Å². The Labute approximate surface area is 226 Å². The fourth-order valence-electron chi connectivity index (χ4n) is 3.24. The number of nitrogens with one attached hydrogen (secondary N) is 4. The van der Waals surface area contributed by atoms with Crippen LogP contribution in [0.2, 0.25) is 0 Å². The van der Waals surface area contributed by atoms with Crippen molar-refractivity contribution in [3.05, 3.63) is 102 Å². The second-order valence-corrected chi connectivity index (χ2v) is 8.20. The van der Waals surface area contributed by atoms with Gasteiger partial charge in [0.25, 0.3) is 5.91 Å². The van der Waals surface area contributed by atoms with E-state index in [1.54, 1.807) is 24.5 Å². The topological polar surface area (TPSA) is 149 Å². The van der Waals surface area contributed by atoms with Crippen molar-refractivity contribution in [2.75, 3.05) is 11.9 Å². The van der Waals surface area contributed by atoms with E-state index in [4.69, 9.17) is 9.90 Å². The number of nitrogens with zero attached hydrogens (tertiary/aromatic N) is 2. The van der Waals surface area contributed by atoms with Crippen LogP contribution in [0.5, 0.6) is 0 Å². The van der Waals surface area contributed by atoms with E-state index in [1.165, 1.54) is 0 Å². The molecule has 0 aliphatic rings. The van der Waals surface area contributed by atoms with E-state index in [1.807, 2.05) is 60.8 Å². The zero-order valence-electron chi connectivity index (χ0n) is 20.9. The summed E-state index contributed by atoms with van der Waals surface area (Å²) in [5.74, 6) is -2.89. The minimum absolute atomic E-state index is 0.137. The Morgan fingerprint density at radius 3 is 2.17 bits per heavy atom. The van der Waals surface area contributed by atoms with E-state index in [9.17, 15) is 22.8 Å². The van der Waals surface area contributed by atoms with Gasteiger partial charge in [0.05, 0.1) is 6.20 Å². The van der Waals surface area contributed by atoms with Crippen molar-refractivity contribution < 1.29 is 32.7 Å². The molecule has 40 heavy (non-hydrogen) atoms. The van der Waals surface area contributed by atoms with Crippen LogP contribution in [0.1, 0.15) is 21.6 Å². The number of rotatable bonds is 8. The number of anilines is 1. The van der Waals surface area contributed by atoms with Crippen molar-refractivity contribution in [1.29, 1.82) is 0 Å². The number of hydrogen-bond donors (Lipinski definition) is 5. The maximum Gasteiger partial charge on any atom is 0.490 e. The lowest BCUT2D eigenvalue weighted by Crippen LogP contribution is -2.28. The number of pyridine rings is 1. The Morgan fingerprint density at radius 1 is 0.900 bits per heavy atom. The summed E-state index contributed by atoms with van der Waals surface area (Å²) in [5.41, 5.74) is 5.09. The van der Waals surface area contributed by atoms with E-state index < -0.39 is 12.1 Å². The number of amides is 3. The third-order valence-corrected chi connectivity index (χ3v) is 5.28. The number of aromatic amines is 1. The number of aromatic nitrogens is 3. The van der Waals surface area contributed by atoms with Crippen LogP contribution in [0.4, 0.5) is 23.7 Å². The minimum atomic E-state index is -5.08. The van der Waals surface area contributed by atoms with Crippen molar-refractivity contribution in [1.82, 2.24) is 25.8 Å². The standard InChI is InChI=1S/C25H24N6O2.C2HF3O2/c32-24(27-14-12-22-3-1-2-13-26-22)20-6-4-18(5-7-20)15-28-25(33)31-23-10-8-19(9-11-23)21-16-29-30-17-21;3-2(4,5)1(6)7/h1-11,13,16-17H,12,14-15H2,(H,27,32)(H,29,30)(H2,28,31,33);(H,6,7). The Kier molecular flexibility index (Phi) is 10.3. The Morgan fingerprint density at radius 2 is 1.60 bits per heavy atom. The van der Waals surface area contributed by atoms with Gasteiger partial charge in [-0.3, -0.25) is 14.9 Å². The van der Waals surface area contributed by atoms with E-state index in [-0.39, 0.29) is 11.9 Å². The Balaban J connectivity index is 0.000000559. The monoisotopic (exact) mass is 554 g/mol. The molecule has 2 heterocycles. The van der Waals surface area contributed by atoms with Crippen LogP contribution in [0, 0.1) is 0 Å². The lowest BCUT2D eigenvalue weighted by atomic mass is 10.1. The fourth-order valence-corrected chi connectivity index (χ4v) is 3.24. The quantitative estimate of drug-likeness (QED) is 0.218. The molecule has 0 atom stereocenters. The molecule has 0 aliphatic heterocycles. The van der Waals surface area contributed by atoms with Gasteiger partial charge in [0, 0.05) is 54.4 Å². The number of carboxylic acid groups (broad SMARTS) is 1. The van der Waals surface area contributed by atoms with Gasteiger partial charge in [-0.05, 0) is 47.5 Å². The average molecular weight is 555 g/mol. The van der Waals surface area contributed by atoms with Gasteiger partial charge in [-0.15, -0.1) is 0 Å². The SMILES string of the molecule is O=C(NCc1ccc(C(=O)NCCc2ccccn2)cc1)Nc1ccc(-c2cn[nH]c2)cc1.O=C(O)C(F)(F)F. The molecule has 13 heteroatoms. The number of H-pyrrole nitrogens is 1. The van der Waals surface area contributed by atoms with Crippen LogP contribution < -0.4 is 16.0 Å². The maximum absolute atomic E-state index is 12.3. The molecule has 0 radical (unpaired) electrons. The van der Waals surface area contributed by atoms with Gasteiger partial charge in [0.15, 0.2) is 0 Å². The normalized spacial score (nSPS) is 10.6. The van der Waals surface area contributed by atoms with Crippen LogP contribution >= 0.6 is 0 Å². The predicted molar refractivity (Wildman–Crippen MR) is 140 cm³/mol. The zero-order valence-corrected chi connectivity index (χ0v) is 20.9. The van der Waals surface area contributed by atoms with Crippen molar-refractivity contribution in [3.8, 4) is 11.1 Å². The first-order valence-electron chi connectivity index (χ1n) is 11.8. The first-order chi connectivity index (χ1) is 19.1. The molecule has 0 saturated heterocycles. The lowest BCUT2D eigenvalue weighted by Gasteiger charge is -2.09. The Hall–Kier alpha value is -5.20. The van der Waals surface area contributed by atoms with Crippen LogP contribution in [0.15, 0.2) is 85.3 Å². The molecule has 0 aliphatic carbocycles. The van der Waals surface area contributed by atoms with Crippen molar-refractivity contribution in [2.45, 2.75) is 19.1 Å². The van der Waals surface area contributed by atoms with E-state index >= 15 is 0 Å². The number of urea groups is 1. The summed E-state index contributed by atoms with van der Waals surface area (Å²) in [4.78, 5) is 37.6. The molecule has 5 N–H and O–H groups in total. The molecule has 10 nitrogen and oxygen atoms in total. The number of benzene rings is 2. The molecular weight excluding hydrogens is 529 g/mol. The van der Waals surface area contributed by atoms with E-state index in [0.717, 1.165) is 22.4 Å². The van der Waals surface area contributed by atoms with Gasteiger partial charge < -0.3 is 21.1 Å². The number of carbonyl (C=O) groups excluding carboxylic acids is 2. The summed E-state index contributed by atoms with van der Waals surface area (Å²) in [6.45, 7) is 0.864. The number of carbonyl (C=O) groups is 3. The van der Waals surface area contributed by atoms with Gasteiger partial charge in [-0.25, -0.2) is 9.59 Å². The van der Waals surface area contributed by atoms with Gasteiger partial charge in [-0.2, -0.15) is 18.3 Å². The van der Waals surface area contributed by atoms with Gasteiger partial charge in [-0.1, -0.05) is 30.3 Å². The third kappa shape index (κ3) is 9.59. The van der Waals surface area contributed by atoms with E-state index in [2.05, 4.69) is 31.1 Å². The summed E-state index contributed by atoms with van der Waals surface area (Å²) in [6, 6.07) is 20.1. The maximum atomic E-state index is 12.3. The van der Waals surface area contributed by atoms with Gasteiger partial charge >= 0.3 is 18.2 Å². The molecule has 0 unspecified atom stereocenters. The number of alkyl halides is 3. The molecule has 208 valence electrons. The molecule has 3 amide bonds. The van der Waals surface area contributed by atoms with Crippen LogP contribution in [-0.4, -0.2) is 50.9 Å². The highest BCUT2D eigenvalue weighted by Crippen LogP contribution is 2.20. The van der Waals surface area contributed by atoms with Crippen molar-refractivity contribution in [2.24, 2.45) is 0 Å². The van der Waals surface area contributed by atoms with Gasteiger partial charge in [0.1, 0.15) is 0 Å². The summed E-state index contributed by atoms with van der Waals surface area (Å²) in [6.07, 6.45) is 0.886. The number of carboxylic acids is 1. The molecule has 0 fully saturated rings. The summed E-state index contributed by atoms with van der Waals surface area (Å²) in [7, 11) is 0. The Bertz CT molecular complexity index is 1380. The second-order valence-electron chi connectivity index (χ2n) is 8.20. The van der Waals surface area contributed by atoms with Crippen LogP contribution in [0.25, 0.3) is 11.1 Å². The third-order valence-electron chi connectivity index (χ3n) is 5.28. The van der Waals surface area contributed by atoms with Crippen molar-refractivity contribution in [3.63, 3.8) is 0 Å². The molecule has 2 aromatic heterocycles. The molecule has 0 spiro atoms. The highest BCUT2D eigenvalue weighted by atomic mass is 19.4. The number of aliphatic carboxylic acids is 1. The highest BCUT2D eigenvalue weighted by molar-refractivity contribution is 5.94. The summed E-state index contributed by atoms with van der Waals surface area (Å²) >= 11 is 0. The summed E-state index contributed by atoms with van der Waals surface area (Å²) in [5, 5.41) is 22.4. The minimum Gasteiger partial charge on any atom is -0.475 e. The second kappa shape index (κ2) is 14.1. The molecule has 0 bridgehead atoms. The molecule has 4 rings (SSSR count). The fraction of sp³-hybridized carbons (Fsp3) is 0.148. The molecular formula is C27H25F3N6O4.